The fourth-order valence-corrected chi connectivity index (χ4v) is 5.43. The number of hydrogen-bond acceptors (Lipinski definition) is 7. The smallest absolute Gasteiger partial charge is 0.230 e. The van der Waals surface area contributed by atoms with Crippen LogP contribution in [-0.2, 0) is 21.1 Å². The van der Waals surface area contributed by atoms with Crippen molar-refractivity contribution in [3.05, 3.63) is 101 Å². The van der Waals surface area contributed by atoms with E-state index in [0.717, 1.165) is 16.9 Å². The van der Waals surface area contributed by atoms with Gasteiger partial charge in [0.25, 0.3) is 0 Å². The summed E-state index contributed by atoms with van der Waals surface area (Å²) in [7, 11) is -3.55. The lowest BCUT2D eigenvalue weighted by Gasteiger charge is -2.05. The maximum Gasteiger partial charge on any atom is 0.230 e. The summed E-state index contributed by atoms with van der Waals surface area (Å²) in [6.45, 7) is -0.458. The van der Waals surface area contributed by atoms with E-state index in [4.69, 9.17) is 5.11 Å². The van der Waals surface area contributed by atoms with Crippen LogP contribution in [0.25, 0.3) is 11.3 Å². The molecule has 9 heteroatoms. The highest BCUT2D eigenvalue weighted by Crippen LogP contribution is 2.33. The Labute approximate surface area is 207 Å². The zero-order valence-corrected chi connectivity index (χ0v) is 20.2. The molecule has 0 aliphatic heterocycles. The standard InChI is InChI=1S/C26H22N2O5S2/c29-15-16-35(32,33)21-13-11-18(12-14-21)17-22(30)27-26-28-23(19-7-3-1-4-8-19)25(34-26)24(31)20-9-5-2-6-10-20/h1-14,29H,15-17H2,(H,27,28,30). The monoisotopic (exact) mass is 506 g/mol. The summed E-state index contributed by atoms with van der Waals surface area (Å²) in [5, 5.41) is 12.0. The van der Waals surface area contributed by atoms with E-state index in [1.54, 1.807) is 36.4 Å². The van der Waals surface area contributed by atoms with Crippen LogP contribution in [0, 0.1) is 0 Å². The first-order valence-corrected chi connectivity index (χ1v) is 13.2. The predicted molar refractivity (Wildman–Crippen MR) is 135 cm³/mol. The number of aromatic nitrogens is 1. The maximum absolute atomic E-state index is 13.2. The third-order valence-electron chi connectivity index (χ3n) is 5.17. The average molecular weight is 507 g/mol. The fourth-order valence-electron chi connectivity index (χ4n) is 3.44. The number of carbonyl (C=O) groups is 2. The molecule has 1 heterocycles. The van der Waals surface area contributed by atoms with Crippen molar-refractivity contribution in [1.29, 1.82) is 0 Å². The summed E-state index contributed by atoms with van der Waals surface area (Å²) < 4.78 is 24.1. The normalized spacial score (nSPS) is 11.2. The van der Waals surface area contributed by atoms with E-state index in [2.05, 4.69) is 10.3 Å². The molecule has 0 saturated heterocycles. The molecule has 1 aromatic heterocycles. The molecule has 4 rings (SSSR count). The highest BCUT2D eigenvalue weighted by atomic mass is 32.2. The van der Waals surface area contributed by atoms with Crippen molar-refractivity contribution in [2.75, 3.05) is 17.7 Å². The van der Waals surface area contributed by atoms with Crippen molar-refractivity contribution >= 4 is 38.0 Å². The Morgan fingerprint density at radius 1 is 0.886 bits per heavy atom. The Kier molecular flexibility index (Phi) is 7.50. The van der Waals surface area contributed by atoms with Crippen molar-refractivity contribution in [3.63, 3.8) is 0 Å². The van der Waals surface area contributed by atoms with Crippen molar-refractivity contribution in [3.8, 4) is 11.3 Å². The first kappa shape index (κ1) is 24.5. The quantitative estimate of drug-likeness (QED) is 0.332. The van der Waals surface area contributed by atoms with Crippen molar-refractivity contribution in [2.45, 2.75) is 11.3 Å². The van der Waals surface area contributed by atoms with Gasteiger partial charge in [-0.3, -0.25) is 9.59 Å². The van der Waals surface area contributed by atoms with Crippen LogP contribution >= 0.6 is 11.3 Å². The van der Waals surface area contributed by atoms with Gasteiger partial charge in [0, 0.05) is 11.1 Å². The Morgan fingerprint density at radius 2 is 1.51 bits per heavy atom. The summed E-state index contributed by atoms with van der Waals surface area (Å²) in [4.78, 5) is 30.9. The van der Waals surface area contributed by atoms with Crippen molar-refractivity contribution in [1.82, 2.24) is 4.98 Å². The van der Waals surface area contributed by atoms with E-state index in [-0.39, 0.29) is 28.8 Å². The van der Waals surface area contributed by atoms with Gasteiger partial charge in [-0.15, -0.1) is 0 Å². The molecule has 0 aliphatic carbocycles. The molecule has 3 aromatic carbocycles. The highest BCUT2D eigenvalue weighted by Gasteiger charge is 2.22. The average Bonchev–Trinajstić information content (AvgIpc) is 3.28. The Balaban J connectivity index is 1.55. The van der Waals surface area contributed by atoms with E-state index in [0.29, 0.717) is 26.8 Å². The fraction of sp³-hybridized carbons (Fsp3) is 0.115. The lowest BCUT2D eigenvalue weighted by molar-refractivity contribution is -0.115. The number of carbonyl (C=O) groups excluding carboxylic acids is 2. The van der Waals surface area contributed by atoms with E-state index >= 15 is 0 Å². The number of rotatable bonds is 9. The Bertz CT molecular complexity index is 1430. The molecular formula is C26H22N2O5S2. The number of nitrogens with zero attached hydrogens (tertiary/aromatic N) is 1. The third kappa shape index (κ3) is 5.89. The number of sulfone groups is 1. The van der Waals surface area contributed by atoms with Gasteiger partial charge in [-0.1, -0.05) is 84.1 Å². The first-order valence-electron chi connectivity index (χ1n) is 10.8. The second-order valence-corrected chi connectivity index (χ2v) is 10.8. The van der Waals surface area contributed by atoms with Gasteiger partial charge in [0.2, 0.25) is 11.7 Å². The number of hydrogen-bond donors (Lipinski definition) is 2. The Morgan fingerprint density at radius 3 is 2.14 bits per heavy atom. The molecule has 0 aliphatic rings. The van der Waals surface area contributed by atoms with Crippen LogP contribution in [0.5, 0.6) is 0 Å². The minimum atomic E-state index is -3.55. The molecule has 0 radical (unpaired) electrons. The number of benzene rings is 3. The molecule has 0 spiro atoms. The molecule has 0 saturated carbocycles. The summed E-state index contributed by atoms with van der Waals surface area (Å²) in [6.07, 6.45) is 0.00252. The molecule has 35 heavy (non-hydrogen) atoms. The highest BCUT2D eigenvalue weighted by molar-refractivity contribution is 7.91. The molecule has 4 aromatic rings. The molecular weight excluding hydrogens is 484 g/mol. The minimum absolute atomic E-state index is 0.00252. The summed E-state index contributed by atoms with van der Waals surface area (Å²) in [5.74, 6) is -0.879. The summed E-state index contributed by atoms with van der Waals surface area (Å²) in [5.41, 5.74) is 2.41. The number of aliphatic hydroxyl groups excluding tert-OH is 1. The topological polar surface area (TPSA) is 113 Å². The van der Waals surface area contributed by atoms with Crippen LogP contribution in [0.2, 0.25) is 0 Å². The van der Waals surface area contributed by atoms with Gasteiger partial charge in [-0.25, -0.2) is 13.4 Å². The minimum Gasteiger partial charge on any atom is -0.395 e. The zero-order chi connectivity index (χ0) is 24.8. The number of thiazole rings is 1. The van der Waals surface area contributed by atoms with E-state index < -0.39 is 16.4 Å². The van der Waals surface area contributed by atoms with Crippen LogP contribution in [-0.4, -0.2) is 42.6 Å². The van der Waals surface area contributed by atoms with E-state index in [1.807, 2.05) is 36.4 Å². The van der Waals surface area contributed by atoms with Crippen molar-refractivity contribution in [2.24, 2.45) is 0 Å². The number of aliphatic hydroxyl groups is 1. The van der Waals surface area contributed by atoms with Gasteiger partial charge < -0.3 is 10.4 Å². The van der Waals surface area contributed by atoms with Crippen LogP contribution in [0.1, 0.15) is 20.8 Å². The van der Waals surface area contributed by atoms with E-state index in [9.17, 15) is 18.0 Å². The molecule has 0 unspecified atom stereocenters. The molecule has 2 N–H and O–H groups in total. The van der Waals surface area contributed by atoms with Gasteiger partial charge in [-0.2, -0.15) is 0 Å². The Hall–Kier alpha value is -3.66. The summed E-state index contributed by atoms with van der Waals surface area (Å²) >= 11 is 1.11. The van der Waals surface area contributed by atoms with Gasteiger partial charge in [0.05, 0.1) is 29.4 Å². The molecule has 0 bridgehead atoms. The van der Waals surface area contributed by atoms with Gasteiger partial charge >= 0.3 is 0 Å². The number of amides is 1. The van der Waals surface area contributed by atoms with Crippen molar-refractivity contribution < 1.29 is 23.1 Å². The molecule has 0 fully saturated rings. The van der Waals surface area contributed by atoms with Crippen LogP contribution in [0.15, 0.2) is 89.8 Å². The second-order valence-electron chi connectivity index (χ2n) is 7.67. The number of ketones is 1. The molecule has 0 atom stereocenters. The summed E-state index contributed by atoms with van der Waals surface area (Å²) in [6, 6.07) is 24.1. The van der Waals surface area contributed by atoms with E-state index in [1.165, 1.54) is 12.1 Å². The van der Waals surface area contributed by atoms with Crippen LogP contribution in [0.3, 0.4) is 0 Å². The lowest BCUT2D eigenvalue weighted by atomic mass is 10.1. The van der Waals surface area contributed by atoms with Gasteiger partial charge in [-0.05, 0) is 17.7 Å². The second kappa shape index (κ2) is 10.7. The third-order valence-corrected chi connectivity index (χ3v) is 7.85. The number of nitrogens with one attached hydrogen (secondary N) is 1. The lowest BCUT2D eigenvalue weighted by Crippen LogP contribution is -2.14. The maximum atomic E-state index is 13.2. The first-order chi connectivity index (χ1) is 16.9. The molecule has 178 valence electrons. The molecule has 1 amide bonds. The van der Waals surface area contributed by atoms with Gasteiger partial charge in [0.15, 0.2) is 15.0 Å². The number of anilines is 1. The zero-order valence-electron chi connectivity index (χ0n) is 18.5. The predicted octanol–water partition coefficient (Wildman–Crippen LogP) is 3.99. The largest absolute Gasteiger partial charge is 0.395 e. The van der Waals surface area contributed by atoms with Crippen LogP contribution in [0.4, 0.5) is 5.13 Å². The van der Waals surface area contributed by atoms with Crippen LogP contribution < -0.4 is 5.32 Å². The molecule has 7 nitrogen and oxygen atoms in total. The SMILES string of the molecule is O=C(Cc1ccc(S(=O)(=O)CCO)cc1)Nc1nc(-c2ccccc2)c(C(=O)c2ccccc2)s1. The van der Waals surface area contributed by atoms with Gasteiger partial charge in [0.1, 0.15) is 4.88 Å².